The number of sulfonamides is 1. The second-order valence-corrected chi connectivity index (χ2v) is 7.08. The number of nitrogens with zero attached hydrogens (tertiary/aromatic N) is 1. The molecule has 0 aliphatic carbocycles. The maximum atomic E-state index is 12.1. The molecule has 1 fully saturated rings. The third-order valence-electron chi connectivity index (χ3n) is 3.43. The van der Waals surface area contributed by atoms with Crippen LogP contribution in [0.4, 0.5) is 5.69 Å². The number of anilines is 1. The number of hydrogen-bond acceptors (Lipinski definition) is 3. The number of rotatable bonds is 5. The van der Waals surface area contributed by atoms with Gasteiger partial charge >= 0.3 is 0 Å². The molecule has 0 saturated carbocycles. The number of ether oxygens (including phenoxy) is 1. The van der Waals surface area contributed by atoms with Crippen LogP contribution < -0.4 is 4.31 Å². The smallest absolute Gasteiger partial charge is 0.232 e. The highest BCUT2D eigenvalue weighted by Crippen LogP contribution is 2.32. The highest BCUT2D eigenvalue weighted by molar-refractivity contribution is 7.92. The quantitative estimate of drug-likeness (QED) is 0.798. The van der Waals surface area contributed by atoms with Crippen molar-refractivity contribution < 1.29 is 13.2 Å². The summed E-state index contributed by atoms with van der Waals surface area (Å²) >= 11 is 0. The van der Waals surface area contributed by atoms with Gasteiger partial charge < -0.3 is 4.74 Å². The minimum Gasteiger partial charge on any atom is -0.368 e. The molecule has 0 bridgehead atoms. The molecule has 0 spiro atoms. The molecule has 2 aromatic carbocycles. The number of hydrogen-bond donors (Lipinski definition) is 0. The lowest BCUT2D eigenvalue weighted by atomic mass is 10.1. The Labute approximate surface area is 125 Å². The molecule has 1 unspecified atom stereocenters. The molecule has 1 saturated heterocycles. The van der Waals surface area contributed by atoms with Gasteiger partial charge in [0.25, 0.3) is 0 Å². The monoisotopic (exact) mass is 303 g/mol. The summed E-state index contributed by atoms with van der Waals surface area (Å²) in [6, 6.07) is 17.1. The standard InChI is InChI=1S/C16H17NO3S/c1-21(18,19)17(11-13-6-3-2-4-7-13)15-9-5-8-14(10-15)16-12-20-16/h2-10,16H,11-12H2,1H3. The fourth-order valence-electron chi connectivity index (χ4n) is 2.27. The van der Waals surface area contributed by atoms with Crippen molar-refractivity contribution in [3.05, 3.63) is 65.7 Å². The average molecular weight is 303 g/mol. The van der Waals surface area contributed by atoms with Crippen LogP contribution in [0.5, 0.6) is 0 Å². The van der Waals surface area contributed by atoms with E-state index in [2.05, 4.69) is 0 Å². The van der Waals surface area contributed by atoms with Crippen LogP contribution in [0.1, 0.15) is 17.2 Å². The van der Waals surface area contributed by atoms with Crippen molar-refractivity contribution in [2.45, 2.75) is 12.6 Å². The SMILES string of the molecule is CS(=O)(=O)N(Cc1ccccc1)c1cccc(C2CO2)c1. The first-order valence-electron chi connectivity index (χ1n) is 6.77. The van der Waals surface area contributed by atoms with Gasteiger partial charge in [-0.3, -0.25) is 4.31 Å². The highest BCUT2D eigenvalue weighted by atomic mass is 32.2. The summed E-state index contributed by atoms with van der Waals surface area (Å²) in [4.78, 5) is 0. The summed E-state index contributed by atoms with van der Waals surface area (Å²) in [5, 5.41) is 0. The van der Waals surface area contributed by atoms with Crippen LogP contribution in [0.2, 0.25) is 0 Å². The van der Waals surface area contributed by atoms with E-state index in [1.165, 1.54) is 10.6 Å². The normalized spacial score (nSPS) is 17.5. The van der Waals surface area contributed by atoms with E-state index in [9.17, 15) is 8.42 Å². The zero-order chi connectivity index (χ0) is 14.9. The Balaban J connectivity index is 1.94. The Kier molecular flexibility index (Phi) is 3.69. The summed E-state index contributed by atoms with van der Waals surface area (Å²) in [6.07, 6.45) is 1.35. The zero-order valence-corrected chi connectivity index (χ0v) is 12.6. The molecule has 5 heteroatoms. The van der Waals surface area contributed by atoms with Crippen molar-refractivity contribution in [2.75, 3.05) is 17.2 Å². The largest absolute Gasteiger partial charge is 0.368 e. The van der Waals surface area contributed by atoms with Crippen molar-refractivity contribution in [1.82, 2.24) is 0 Å². The molecular weight excluding hydrogens is 286 g/mol. The van der Waals surface area contributed by atoms with Crippen LogP contribution in [-0.4, -0.2) is 21.3 Å². The first kappa shape index (κ1) is 14.1. The Morgan fingerprint density at radius 3 is 2.48 bits per heavy atom. The summed E-state index contributed by atoms with van der Waals surface area (Å²) in [5.74, 6) is 0. The Hall–Kier alpha value is -1.85. The molecule has 110 valence electrons. The Morgan fingerprint density at radius 1 is 1.14 bits per heavy atom. The van der Waals surface area contributed by atoms with Gasteiger partial charge in [-0.15, -0.1) is 0 Å². The van der Waals surface area contributed by atoms with Gasteiger partial charge in [-0.2, -0.15) is 0 Å². The molecule has 0 radical (unpaired) electrons. The maximum Gasteiger partial charge on any atom is 0.232 e. The predicted octanol–water partition coefficient (Wildman–Crippen LogP) is 2.72. The molecule has 2 aromatic rings. The molecule has 1 heterocycles. The van der Waals surface area contributed by atoms with Gasteiger partial charge in [0.05, 0.1) is 25.1 Å². The van der Waals surface area contributed by atoms with Crippen molar-refractivity contribution in [1.29, 1.82) is 0 Å². The first-order valence-corrected chi connectivity index (χ1v) is 8.62. The Morgan fingerprint density at radius 2 is 1.86 bits per heavy atom. The van der Waals surface area contributed by atoms with Crippen LogP contribution in [0, 0.1) is 0 Å². The molecule has 0 N–H and O–H groups in total. The van der Waals surface area contributed by atoms with E-state index in [4.69, 9.17) is 4.74 Å². The fourth-order valence-corrected chi connectivity index (χ4v) is 3.15. The van der Waals surface area contributed by atoms with Crippen molar-refractivity contribution in [3.8, 4) is 0 Å². The topological polar surface area (TPSA) is 49.9 Å². The van der Waals surface area contributed by atoms with E-state index < -0.39 is 10.0 Å². The lowest BCUT2D eigenvalue weighted by Gasteiger charge is -2.23. The van der Waals surface area contributed by atoms with Crippen LogP contribution in [0.15, 0.2) is 54.6 Å². The summed E-state index contributed by atoms with van der Waals surface area (Å²) in [7, 11) is -3.35. The van der Waals surface area contributed by atoms with Gasteiger partial charge in [0, 0.05) is 0 Å². The summed E-state index contributed by atoms with van der Waals surface area (Å²) in [5.41, 5.74) is 2.65. The molecule has 4 nitrogen and oxygen atoms in total. The summed E-state index contributed by atoms with van der Waals surface area (Å²) < 4.78 is 30.9. The Bertz CT molecular complexity index is 724. The molecule has 3 rings (SSSR count). The third-order valence-corrected chi connectivity index (χ3v) is 4.57. The van der Waals surface area contributed by atoms with Crippen molar-refractivity contribution in [3.63, 3.8) is 0 Å². The molecule has 0 amide bonds. The van der Waals surface area contributed by atoms with Gasteiger partial charge in [0.15, 0.2) is 0 Å². The van der Waals surface area contributed by atoms with E-state index in [1.807, 2.05) is 54.6 Å². The van der Waals surface area contributed by atoms with Gasteiger partial charge in [-0.05, 0) is 23.3 Å². The van der Waals surface area contributed by atoms with Gasteiger partial charge in [0.2, 0.25) is 10.0 Å². The first-order chi connectivity index (χ1) is 10.0. The van der Waals surface area contributed by atoms with Gasteiger partial charge in [-0.25, -0.2) is 8.42 Å². The lowest BCUT2D eigenvalue weighted by Crippen LogP contribution is -2.29. The summed E-state index contributed by atoms with van der Waals surface area (Å²) in [6.45, 7) is 1.04. The van der Waals surface area contributed by atoms with E-state index in [1.54, 1.807) is 0 Å². The minimum absolute atomic E-state index is 0.114. The number of epoxide rings is 1. The predicted molar refractivity (Wildman–Crippen MR) is 82.6 cm³/mol. The fraction of sp³-hybridized carbons (Fsp3) is 0.250. The highest BCUT2D eigenvalue weighted by Gasteiger charge is 2.26. The van der Waals surface area contributed by atoms with Gasteiger partial charge in [0.1, 0.15) is 6.10 Å². The second-order valence-electron chi connectivity index (χ2n) is 5.17. The van der Waals surface area contributed by atoms with E-state index in [-0.39, 0.29) is 6.10 Å². The average Bonchev–Trinajstić information content (AvgIpc) is 3.29. The molecule has 1 aliphatic rings. The zero-order valence-electron chi connectivity index (χ0n) is 11.8. The van der Waals surface area contributed by atoms with Crippen molar-refractivity contribution >= 4 is 15.7 Å². The molecule has 21 heavy (non-hydrogen) atoms. The van der Waals surface area contributed by atoms with E-state index in [0.717, 1.165) is 11.1 Å². The van der Waals surface area contributed by atoms with Crippen molar-refractivity contribution in [2.24, 2.45) is 0 Å². The van der Waals surface area contributed by atoms with Gasteiger partial charge in [-0.1, -0.05) is 42.5 Å². The van der Waals surface area contributed by atoms with E-state index in [0.29, 0.717) is 18.8 Å². The van der Waals surface area contributed by atoms with Crippen LogP contribution >= 0.6 is 0 Å². The van der Waals surface area contributed by atoms with Crippen LogP contribution in [0.3, 0.4) is 0 Å². The second kappa shape index (κ2) is 5.50. The molecular formula is C16H17NO3S. The van der Waals surface area contributed by atoms with Crippen LogP contribution in [0.25, 0.3) is 0 Å². The van der Waals surface area contributed by atoms with Crippen LogP contribution in [-0.2, 0) is 21.3 Å². The lowest BCUT2D eigenvalue weighted by molar-refractivity contribution is 0.415. The molecule has 1 atom stereocenters. The third kappa shape index (κ3) is 3.43. The number of benzene rings is 2. The van der Waals surface area contributed by atoms with E-state index >= 15 is 0 Å². The maximum absolute atomic E-state index is 12.1. The molecule has 1 aliphatic heterocycles. The molecule has 0 aromatic heterocycles. The minimum atomic E-state index is -3.35.